The highest BCUT2D eigenvalue weighted by Gasteiger charge is 2.34. The number of ether oxygens (including phenoxy) is 1. The minimum atomic E-state index is -4.78. The first kappa shape index (κ1) is 22.9. The van der Waals surface area contributed by atoms with Gasteiger partial charge < -0.3 is 15.4 Å². The highest BCUT2D eigenvalue weighted by atomic mass is 19.4. The molecule has 168 valence electrons. The number of nitrogens with zero attached hydrogens (tertiary/aromatic N) is 1. The van der Waals surface area contributed by atoms with Crippen LogP contribution < -0.4 is 10.6 Å². The number of rotatable bonds is 6. The largest absolute Gasteiger partial charge is 0.418 e. The molecule has 0 spiro atoms. The van der Waals surface area contributed by atoms with E-state index >= 15 is 0 Å². The first-order valence-electron chi connectivity index (χ1n) is 9.51. The second-order valence-electron chi connectivity index (χ2n) is 6.92. The second kappa shape index (κ2) is 9.60. The molecule has 32 heavy (non-hydrogen) atoms. The summed E-state index contributed by atoms with van der Waals surface area (Å²) in [6, 6.07) is 8.31. The van der Waals surface area contributed by atoms with E-state index in [1.807, 2.05) is 0 Å². The average molecular weight is 449 g/mol. The van der Waals surface area contributed by atoms with Gasteiger partial charge in [-0.15, -0.1) is 0 Å². The molecule has 1 saturated heterocycles. The Labute approximate surface area is 180 Å². The van der Waals surface area contributed by atoms with Crippen molar-refractivity contribution < 1.29 is 32.4 Å². The fourth-order valence-electron chi connectivity index (χ4n) is 3.03. The van der Waals surface area contributed by atoms with E-state index in [0.29, 0.717) is 25.0 Å². The van der Waals surface area contributed by atoms with Crippen LogP contribution in [0.15, 0.2) is 48.5 Å². The lowest BCUT2D eigenvalue weighted by Gasteiger charge is -2.16. The summed E-state index contributed by atoms with van der Waals surface area (Å²) in [5.74, 6) is -1.36. The summed E-state index contributed by atoms with van der Waals surface area (Å²) < 4.78 is 45.7. The molecule has 1 aliphatic heterocycles. The van der Waals surface area contributed by atoms with E-state index in [-0.39, 0.29) is 11.4 Å². The maximum atomic E-state index is 13.5. The molecule has 11 heteroatoms. The first-order valence-corrected chi connectivity index (χ1v) is 9.51. The lowest BCUT2D eigenvalue weighted by atomic mass is 10.1. The van der Waals surface area contributed by atoms with Crippen LogP contribution >= 0.6 is 0 Å². The predicted molar refractivity (Wildman–Crippen MR) is 110 cm³/mol. The number of hydrogen-bond acceptors (Lipinski definition) is 5. The van der Waals surface area contributed by atoms with Gasteiger partial charge in [-0.1, -0.05) is 0 Å². The number of alkyl halides is 3. The normalized spacial score (nSPS) is 16.2. The van der Waals surface area contributed by atoms with Crippen molar-refractivity contribution in [1.82, 2.24) is 0 Å². The Morgan fingerprint density at radius 2 is 1.84 bits per heavy atom. The number of nitro groups is 1. The molecule has 0 bridgehead atoms. The predicted octanol–water partition coefficient (Wildman–Crippen LogP) is 4.38. The van der Waals surface area contributed by atoms with E-state index in [1.165, 1.54) is 36.4 Å². The standard InChI is InChI=1S/C21H18F3N3O5/c22-21(23,24)16-12-14(25-20(29)18-2-1-11-32-18)6-9-17(16)26-19(28)10-5-13-3-7-15(8-4-13)27(30)31/h3-10,12,18H,1-2,11H2,(H,25,29)(H,26,28)/b10-5+. The van der Waals surface area contributed by atoms with Gasteiger partial charge in [-0.25, -0.2) is 0 Å². The summed E-state index contributed by atoms with van der Waals surface area (Å²) >= 11 is 0. The average Bonchev–Trinajstić information content (AvgIpc) is 3.28. The molecule has 2 amide bonds. The summed E-state index contributed by atoms with van der Waals surface area (Å²) in [5, 5.41) is 15.2. The Kier molecular flexibility index (Phi) is 6.89. The number of benzene rings is 2. The third-order valence-electron chi connectivity index (χ3n) is 4.60. The van der Waals surface area contributed by atoms with Gasteiger partial charge >= 0.3 is 6.18 Å². The fraction of sp³-hybridized carbons (Fsp3) is 0.238. The maximum Gasteiger partial charge on any atom is 0.418 e. The topological polar surface area (TPSA) is 111 Å². The lowest BCUT2D eigenvalue weighted by Crippen LogP contribution is -2.27. The molecular weight excluding hydrogens is 431 g/mol. The van der Waals surface area contributed by atoms with E-state index in [1.54, 1.807) is 0 Å². The summed E-state index contributed by atoms with van der Waals surface area (Å²) in [7, 11) is 0. The molecule has 2 aromatic rings. The van der Waals surface area contributed by atoms with E-state index in [9.17, 15) is 32.9 Å². The van der Waals surface area contributed by atoms with Crippen LogP contribution in [0.25, 0.3) is 6.08 Å². The number of anilines is 2. The summed E-state index contributed by atoms with van der Waals surface area (Å²) in [6.45, 7) is 0.421. The van der Waals surface area contributed by atoms with E-state index in [2.05, 4.69) is 10.6 Å². The first-order chi connectivity index (χ1) is 15.1. The van der Waals surface area contributed by atoms with Gasteiger partial charge in [0.2, 0.25) is 5.91 Å². The Morgan fingerprint density at radius 1 is 1.12 bits per heavy atom. The minimum Gasteiger partial charge on any atom is -0.368 e. The van der Waals surface area contributed by atoms with Gasteiger partial charge in [0, 0.05) is 30.5 Å². The molecule has 8 nitrogen and oxygen atoms in total. The van der Waals surface area contributed by atoms with Crippen molar-refractivity contribution in [2.24, 2.45) is 0 Å². The molecule has 1 aliphatic rings. The number of halogens is 3. The smallest absolute Gasteiger partial charge is 0.368 e. The minimum absolute atomic E-state index is 0.0720. The van der Waals surface area contributed by atoms with Crippen LogP contribution in [-0.4, -0.2) is 29.4 Å². The summed E-state index contributed by atoms with van der Waals surface area (Å²) in [4.78, 5) is 34.3. The number of hydrogen-bond donors (Lipinski definition) is 2. The van der Waals surface area contributed by atoms with Crippen molar-refractivity contribution in [3.63, 3.8) is 0 Å². The second-order valence-corrected chi connectivity index (χ2v) is 6.92. The lowest BCUT2D eigenvalue weighted by molar-refractivity contribution is -0.384. The summed E-state index contributed by atoms with van der Waals surface area (Å²) in [5.41, 5.74) is -1.36. The molecule has 1 heterocycles. The van der Waals surface area contributed by atoms with Crippen LogP contribution in [0.2, 0.25) is 0 Å². The zero-order valence-corrected chi connectivity index (χ0v) is 16.5. The molecular formula is C21H18F3N3O5. The van der Waals surface area contributed by atoms with Crippen molar-refractivity contribution in [3.8, 4) is 0 Å². The van der Waals surface area contributed by atoms with Crippen LogP contribution in [0.3, 0.4) is 0 Å². The van der Waals surface area contributed by atoms with Crippen molar-refractivity contribution in [2.45, 2.75) is 25.1 Å². The van der Waals surface area contributed by atoms with E-state index in [4.69, 9.17) is 4.74 Å². The van der Waals surface area contributed by atoms with E-state index < -0.39 is 40.3 Å². The van der Waals surface area contributed by atoms with Gasteiger partial charge in [0.1, 0.15) is 6.10 Å². The molecule has 1 unspecified atom stereocenters. The van der Waals surface area contributed by atoms with Gasteiger partial charge in [-0.2, -0.15) is 13.2 Å². The van der Waals surface area contributed by atoms with Crippen LogP contribution in [0.1, 0.15) is 24.0 Å². The monoisotopic (exact) mass is 449 g/mol. The van der Waals surface area contributed by atoms with Gasteiger partial charge in [-0.05, 0) is 54.8 Å². The highest BCUT2D eigenvalue weighted by Crippen LogP contribution is 2.36. The van der Waals surface area contributed by atoms with Gasteiger partial charge in [0.05, 0.1) is 16.2 Å². The molecule has 0 aromatic heterocycles. The SMILES string of the molecule is O=C(/C=C/c1ccc([N+](=O)[O-])cc1)Nc1ccc(NC(=O)C2CCCO2)cc1C(F)(F)F. The Bertz CT molecular complexity index is 1050. The zero-order chi connectivity index (χ0) is 23.3. The van der Waals surface area contributed by atoms with Gasteiger partial charge in [-0.3, -0.25) is 19.7 Å². The molecule has 3 rings (SSSR count). The molecule has 0 radical (unpaired) electrons. The Hall–Kier alpha value is -3.73. The molecule has 1 atom stereocenters. The molecule has 1 fully saturated rings. The van der Waals surface area contributed by atoms with Crippen LogP contribution in [0, 0.1) is 10.1 Å². The highest BCUT2D eigenvalue weighted by molar-refractivity contribution is 6.03. The van der Waals surface area contributed by atoms with Crippen molar-refractivity contribution in [2.75, 3.05) is 17.2 Å². The Balaban J connectivity index is 1.72. The molecule has 2 N–H and O–H groups in total. The van der Waals surface area contributed by atoms with Crippen molar-refractivity contribution >= 4 is 35.0 Å². The number of nitrogens with one attached hydrogen (secondary N) is 2. The number of non-ortho nitro benzene ring substituents is 1. The van der Waals surface area contributed by atoms with Crippen molar-refractivity contribution in [3.05, 3.63) is 69.8 Å². The third-order valence-corrected chi connectivity index (χ3v) is 4.60. The fourth-order valence-corrected chi connectivity index (χ4v) is 3.03. The molecule has 0 aliphatic carbocycles. The van der Waals surface area contributed by atoms with Crippen LogP contribution in [0.5, 0.6) is 0 Å². The quantitative estimate of drug-likeness (QED) is 0.386. The third kappa shape index (κ3) is 5.91. The van der Waals surface area contributed by atoms with Gasteiger partial charge in [0.15, 0.2) is 0 Å². The molecule has 0 saturated carbocycles. The number of amides is 2. The van der Waals surface area contributed by atoms with E-state index in [0.717, 1.165) is 18.2 Å². The molecule has 2 aromatic carbocycles. The number of carbonyl (C=O) groups is 2. The maximum absolute atomic E-state index is 13.5. The Morgan fingerprint density at radius 3 is 2.44 bits per heavy atom. The van der Waals surface area contributed by atoms with Crippen LogP contribution in [0.4, 0.5) is 30.2 Å². The van der Waals surface area contributed by atoms with Gasteiger partial charge in [0.25, 0.3) is 11.6 Å². The van der Waals surface area contributed by atoms with Crippen LogP contribution in [-0.2, 0) is 20.5 Å². The number of nitro benzene ring substituents is 1. The van der Waals surface area contributed by atoms with Crippen molar-refractivity contribution in [1.29, 1.82) is 0 Å². The zero-order valence-electron chi connectivity index (χ0n) is 16.5. The summed E-state index contributed by atoms with van der Waals surface area (Å²) in [6.07, 6.45) is -1.97. The number of carbonyl (C=O) groups excluding carboxylic acids is 2.